The number of aryl methyl sites for hydroxylation is 1. The smallest absolute Gasteiger partial charge is 0.253 e. The first kappa shape index (κ1) is 22.1. The molecule has 3 amide bonds. The van der Waals surface area contributed by atoms with Crippen molar-refractivity contribution in [3.05, 3.63) is 59.7 Å². The summed E-state index contributed by atoms with van der Waals surface area (Å²) in [5.41, 5.74) is 3.20. The SMILES string of the molecule is Cc1ccc(N2CC(C(=O)Nc3ccc(C(=O)N(C)C4CCCCC4)cc3)CC2=O)cc1. The normalized spacial score (nSPS) is 19.1. The Bertz CT molecular complexity index is 978. The van der Waals surface area contributed by atoms with Crippen molar-refractivity contribution in [1.29, 1.82) is 0 Å². The van der Waals surface area contributed by atoms with Crippen LogP contribution in [0.4, 0.5) is 11.4 Å². The van der Waals surface area contributed by atoms with Gasteiger partial charge < -0.3 is 15.1 Å². The van der Waals surface area contributed by atoms with Crippen LogP contribution in [0.3, 0.4) is 0 Å². The number of hydrogen-bond acceptors (Lipinski definition) is 3. The molecule has 1 atom stereocenters. The molecular formula is C26H31N3O3. The van der Waals surface area contributed by atoms with Crippen LogP contribution < -0.4 is 10.2 Å². The van der Waals surface area contributed by atoms with Crippen LogP contribution in [0, 0.1) is 12.8 Å². The van der Waals surface area contributed by atoms with E-state index in [1.165, 1.54) is 19.3 Å². The molecule has 2 aromatic rings. The van der Waals surface area contributed by atoms with E-state index in [4.69, 9.17) is 0 Å². The summed E-state index contributed by atoms with van der Waals surface area (Å²) in [6.07, 6.45) is 5.94. The zero-order valence-electron chi connectivity index (χ0n) is 18.8. The minimum atomic E-state index is -0.400. The first-order valence-corrected chi connectivity index (χ1v) is 11.5. The van der Waals surface area contributed by atoms with E-state index in [-0.39, 0.29) is 24.1 Å². The highest BCUT2D eigenvalue weighted by Crippen LogP contribution is 2.27. The molecule has 1 heterocycles. The summed E-state index contributed by atoms with van der Waals surface area (Å²) in [4.78, 5) is 41.5. The van der Waals surface area contributed by atoms with Crippen molar-refractivity contribution in [2.24, 2.45) is 5.92 Å². The average Bonchev–Trinajstić information content (AvgIpc) is 3.21. The van der Waals surface area contributed by atoms with Crippen molar-refractivity contribution in [3.63, 3.8) is 0 Å². The van der Waals surface area contributed by atoms with Crippen molar-refractivity contribution in [2.75, 3.05) is 23.8 Å². The Morgan fingerprint density at radius 3 is 2.28 bits per heavy atom. The van der Waals surface area contributed by atoms with Gasteiger partial charge in [0.25, 0.3) is 5.91 Å². The molecule has 0 aromatic heterocycles. The van der Waals surface area contributed by atoms with Crippen LogP contribution in [0.15, 0.2) is 48.5 Å². The van der Waals surface area contributed by atoms with Crippen molar-refractivity contribution >= 4 is 29.1 Å². The third-order valence-electron chi connectivity index (χ3n) is 6.68. The molecule has 1 N–H and O–H groups in total. The van der Waals surface area contributed by atoms with Gasteiger partial charge in [-0.1, -0.05) is 37.0 Å². The summed E-state index contributed by atoms with van der Waals surface area (Å²) in [6.45, 7) is 2.37. The van der Waals surface area contributed by atoms with Gasteiger partial charge in [-0.3, -0.25) is 14.4 Å². The number of rotatable bonds is 5. The number of carbonyl (C=O) groups excluding carboxylic acids is 3. The zero-order chi connectivity index (χ0) is 22.7. The second-order valence-corrected chi connectivity index (χ2v) is 9.02. The lowest BCUT2D eigenvalue weighted by atomic mass is 9.94. The van der Waals surface area contributed by atoms with Gasteiger partial charge in [-0.2, -0.15) is 0 Å². The lowest BCUT2D eigenvalue weighted by Crippen LogP contribution is -2.38. The second kappa shape index (κ2) is 9.55. The molecule has 0 bridgehead atoms. The molecule has 2 fully saturated rings. The first-order valence-electron chi connectivity index (χ1n) is 11.5. The molecule has 0 spiro atoms. The Hall–Kier alpha value is -3.15. The quantitative estimate of drug-likeness (QED) is 0.760. The molecule has 1 aliphatic heterocycles. The molecule has 6 nitrogen and oxygen atoms in total. The summed E-state index contributed by atoms with van der Waals surface area (Å²) in [6, 6.07) is 15.1. The van der Waals surface area contributed by atoms with E-state index in [0.717, 1.165) is 24.1 Å². The van der Waals surface area contributed by atoms with E-state index >= 15 is 0 Å². The average molecular weight is 434 g/mol. The molecule has 168 valence electrons. The predicted octanol–water partition coefficient (Wildman–Crippen LogP) is 4.39. The minimum absolute atomic E-state index is 0.0184. The van der Waals surface area contributed by atoms with Gasteiger partial charge >= 0.3 is 0 Å². The molecule has 1 unspecified atom stereocenters. The maximum Gasteiger partial charge on any atom is 0.253 e. The van der Waals surface area contributed by atoms with Crippen LogP contribution in [-0.4, -0.2) is 42.3 Å². The van der Waals surface area contributed by atoms with Crippen LogP contribution in [0.1, 0.15) is 54.4 Å². The van der Waals surface area contributed by atoms with E-state index in [0.29, 0.717) is 23.8 Å². The first-order chi connectivity index (χ1) is 15.4. The van der Waals surface area contributed by atoms with E-state index < -0.39 is 5.92 Å². The summed E-state index contributed by atoms with van der Waals surface area (Å²) < 4.78 is 0. The van der Waals surface area contributed by atoms with Crippen molar-refractivity contribution in [2.45, 2.75) is 51.5 Å². The van der Waals surface area contributed by atoms with E-state index in [9.17, 15) is 14.4 Å². The van der Waals surface area contributed by atoms with Crippen LogP contribution in [0.5, 0.6) is 0 Å². The van der Waals surface area contributed by atoms with Crippen molar-refractivity contribution in [3.8, 4) is 0 Å². The summed E-state index contributed by atoms with van der Waals surface area (Å²) in [5.74, 6) is -0.598. The fourth-order valence-corrected chi connectivity index (χ4v) is 4.64. The molecule has 2 aromatic carbocycles. The molecule has 32 heavy (non-hydrogen) atoms. The third kappa shape index (κ3) is 4.85. The maximum atomic E-state index is 12.8. The number of hydrogen-bond donors (Lipinski definition) is 1. The van der Waals surface area contributed by atoms with Crippen LogP contribution >= 0.6 is 0 Å². The van der Waals surface area contributed by atoms with E-state index in [1.54, 1.807) is 29.2 Å². The van der Waals surface area contributed by atoms with Gasteiger partial charge in [0.1, 0.15) is 0 Å². The van der Waals surface area contributed by atoms with Gasteiger partial charge in [0.2, 0.25) is 11.8 Å². The van der Waals surface area contributed by atoms with Crippen LogP contribution in [-0.2, 0) is 9.59 Å². The molecular weight excluding hydrogens is 402 g/mol. The number of nitrogens with zero attached hydrogens (tertiary/aromatic N) is 2. The van der Waals surface area contributed by atoms with Gasteiger partial charge in [0.05, 0.1) is 5.92 Å². The largest absolute Gasteiger partial charge is 0.339 e. The maximum absolute atomic E-state index is 12.8. The van der Waals surface area contributed by atoms with Crippen molar-refractivity contribution in [1.82, 2.24) is 4.90 Å². The summed E-state index contributed by atoms with van der Waals surface area (Å²) in [7, 11) is 1.88. The minimum Gasteiger partial charge on any atom is -0.339 e. The van der Waals surface area contributed by atoms with E-state index in [1.807, 2.05) is 43.1 Å². The number of amides is 3. The Morgan fingerprint density at radius 1 is 0.969 bits per heavy atom. The highest BCUT2D eigenvalue weighted by Gasteiger charge is 2.35. The summed E-state index contributed by atoms with van der Waals surface area (Å²) >= 11 is 0. The lowest BCUT2D eigenvalue weighted by molar-refractivity contribution is -0.122. The Morgan fingerprint density at radius 2 is 1.62 bits per heavy atom. The van der Waals surface area contributed by atoms with Gasteiger partial charge in [-0.25, -0.2) is 0 Å². The molecule has 1 saturated heterocycles. The lowest BCUT2D eigenvalue weighted by Gasteiger charge is -2.31. The van der Waals surface area contributed by atoms with Gasteiger partial charge in [0, 0.05) is 43.0 Å². The fourth-order valence-electron chi connectivity index (χ4n) is 4.64. The predicted molar refractivity (Wildman–Crippen MR) is 126 cm³/mol. The Labute approximate surface area is 189 Å². The highest BCUT2D eigenvalue weighted by atomic mass is 16.2. The zero-order valence-corrected chi connectivity index (χ0v) is 18.8. The van der Waals surface area contributed by atoms with Gasteiger partial charge in [-0.15, -0.1) is 0 Å². The molecule has 2 aliphatic rings. The van der Waals surface area contributed by atoms with Crippen LogP contribution in [0.25, 0.3) is 0 Å². The number of anilines is 2. The summed E-state index contributed by atoms with van der Waals surface area (Å²) in [5, 5.41) is 2.90. The fraction of sp³-hybridized carbons (Fsp3) is 0.423. The van der Waals surface area contributed by atoms with Gasteiger partial charge in [-0.05, 0) is 56.2 Å². The third-order valence-corrected chi connectivity index (χ3v) is 6.68. The number of carbonyl (C=O) groups is 3. The molecule has 1 aliphatic carbocycles. The van der Waals surface area contributed by atoms with Gasteiger partial charge in [0.15, 0.2) is 0 Å². The second-order valence-electron chi connectivity index (χ2n) is 9.02. The molecule has 0 radical (unpaired) electrons. The number of benzene rings is 2. The molecule has 4 rings (SSSR count). The Balaban J connectivity index is 1.35. The molecule has 6 heteroatoms. The Kier molecular flexibility index (Phi) is 6.58. The van der Waals surface area contributed by atoms with E-state index in [2.05, 4.69) is 5.32 Å². The van der Waals surface area contributed by atoms with Crippen molar-refractivity contribution < 1.29 is 14.4 Å². The highest BCUT2D eigenvalue weighted by molar-refractivity contribution is 6.03. The molecule has 1 saturated carbocycles. The number of nitrogens with one attached hydrogen (secondary N) is 1. The topological polar surface area (TPSA) is 69.7 Å². The van der Waals surface area contributed by atoms with Crippen LogP contribution in [0.2, 0.25) is 0 Å². The monoisotopic (exact) mass is 433 g/mol. The standard InChI is InChI=1S/C26H31N3O3/c1-18-8-14-23(15-9-18)29-17-20(16-24(29)30)25(31)27-21-12-10-19(11-13-21)26(32)28(2)22-6-4-3-5-7-22/h8-15,20,22H,3-7,16-17H2,1-2H3,(H,27,31).